The lowest BCUT2D eigenvalue weighted by molar-refractivity contribution is -0.124. The molecule has 0 amide bonds. The molecule has 0 radical (unpaired) electrons. The first-order chi connectivity index (χ1) is 8.09. The summed E-state index contributed by atoms with van der Waals surface area (Å²) in [6.07, 6.45) is 8.29. The van der Waals surface area contributed by atoms with E-state index >= 15 is 0 Å². The molecular formula is C16H26O. The lowest BCUT2D eigenvalue weighted by atomic mass is 9.83. The number of rotatable bonds is 1. The lowest BCUT2D eigenvalue weighted by Crippen LogP contribution is -2.20. The molecule has 1 nitrogen and oxygen atoms in total. The summed E-state index contributed by atoms with van der Waals surface area (Å²) in [5, 5.41) is 0. The Kier molecular flexibility index (Phi) is 4.06. The van der Waals surface area contributed by atoms with Crippen molar-refractivity contribution < 1.29 is 4.79 Å². The summed E-state index contributed by atoms with van der Waals surface area (Å²) >= 11 is 0. The third kappa shape index (κ3) is 2.81. The molecule has 0 aromatic heterocycles. The Hall–Kier alpha value is -0.590. The van der Waals surface area contributed by atoms with E-state index in [9.17, 15) is 4.79 Å². The van der Waals surface area contributed by atoms with Gasteiger partial charge in [-0.1, -0.05) is 24.0 Å². The first kappa shape index (κ1) is 12.9. The van der Waals surface area contributed by atoms with E-state index in [0.717, 1.165) is 19.3 Å². The van der Waals surface area contributed by atoms with Gasteiger partial charge in [-0.15, -0.1) is 0 Å². The molecule has 0 N–H and O–H groups in total. The molecule has 2 fully saturated rings. The zero-order valence-corrected chi connectivity index (χ0v) is 11.6. The summed E-state index contributed by atoms with van der Waals surface area (Å²) in [5.74, 6) is 2.35. The number of allylic oxidation sites excluding steroid dienone is 2. The topological polar surface area (TPSA) is 17.1 Å². The maximum atomic E-state index is 12.2. The Morgan fingerprint density at radius 2 is 1.82 bits per heavy atom. The van der Waals surface area contributed by atoms with Crippen LogP contribution in [0.4, 0.5) is 0 Å². The Morgan fingerprint density at radius 3 is 2.53 bits per heavy atom. The molecule has 0 saturated heterocycles. The van der Waals surface area contributed by atoms with E-state index in [1.54, 1.807) is 5.57 Å². The molecule has 17 heavy (non-hydrogen) atoms. The van der Waals surface area contributed by atoms with E-state index in [-0.39, 0.29) is 0 Å². The van der Waals surface area contributed by atoms with Gasteiger partial charge in [-0.3, -0.25) is 4.79 Å². The Labute approximate surface area is 106 Å². The fraction of sp³-hybridized carbons (Fsp3) is 0.812. The van der Waals surface area contributed by atoms with E-state index < -0.39 is 0 Å². The van der Waals surface area contributed by atoms with Gasteiger partial charge in [0.2, 0.25) is 0 Å². The third-order valence-electron chi connectivity index (χ3n) is 5.01. The molecule has 2 rings (SSSR count). The number of fused-ring (bicyclic) bond motifs is 1. The van der Waals surface area contributed by atoms with Crippen molar-refractivity contribution in [1.29, 1.82) is 0 Å². The summed E-state index contributed by atoms with van der Waals surface area (Å²) in [5.41, 5.74) is 3.00. The average Bonchev–Trinajstić information content (AvgIpc) is 2.68. The van der Waals surface area contributed by atoms with Gasteiger partial charge in [-0.05, 0) is 58.3 Å². The SMILES string of the molecule is CC(C)=C(C)[C@H]1C[C@H]2CCCCCC(=O)[C@H]2C1. The van der Waals surface area contributed by atoms with E-state index in [2.05, 4.69) is 20.8 Å². The fourth-order valence-electron chi connectivity index (χ4n) is 3.67. The van der Waals surface area contributed by atoms with Crippen molar-refractivity contribution >= 4 is 5.78 Å². The van der Waals surface area contributed by atoms with Crippen molar-refractivity contribution in [2.75, 3.05) is 0 Å². The van der Waals surface area contributed by atoms with Crippen molar-refractivity contribution in [2.45, 2.75) is 65.7 Å². The molecule has 0 aliphatic heterocycles. The minimum absolute atomic E-state index is 0.398. The average molecular weight is 234 g/mol. The highest BCUT2D eigenvalue weighted by Crippen LogP contribution is 2.45. The molecule has 3 atom stereocenters. The summed E-state index contributed by atoms with van der Waals surface area (Å²) in [7, 11) is 0. The van der Waals surface area contributed by atoms with Gasteiger partial charge in [-0.2, -0.15) is 0 Å². The van der Waals surface area contributed by atoms with E-state index in [4.69, 9.17) is 0 Å². The fourth-order valence-corrected chi connectivity index (χ4v) is 3.67. The van der Waals surface area contributed by atoms with Crippen LogP contribution in [0.5, 0.6) is 0 Å². The number of hydrogen-bond donors (Lipinski definition) is 0. The maximum Gasteiger partial charge on any atom is 0.136 e. The summed E-state index contributed by atoms with van der Waals surface area (Å²) in [6, 6.07) is 0. The van der Waals surface area contributed by atoms with Crippen LogP contribution in [0.1, 0.15) is 65.7 Å². The van der Waals surface area contributed by atoms with Gasteiger partial charge < -0.3 is 0 Å². The second-order valence-electron chi connectivity index (χ2n) is 6.28. The molecule has 2 saturated carbocycles. The highest BCUT2D eigenvalue weighted by atomic mass is 16.1. The molecule has 0 heterocycles. The molecule has 1 heteroatoms. The second-order valence-corrected chi connectivity index (χ2v) is 6.28. The predicted octanol–water partition coefficient (Wildman–Crippen LogP) is 4.52. The number of Topliss-reactive ketones (excluding diaryl/α,β-unsaturated/α-hetero) is 1. The molecular weight excluding hydrogens is 208 g/mol. The van der Waals surface area contributed by atoms with Crippen molar-refractivity contribution in [2.24, 2.45) is 17.8 Å². The van der Waals surface area contributed by atoms with Crippen LogP contribution >= 0.6 is 0 Å². The number of carbonyl (C=O) groups is 1. The molecule has 0 aromatic carbocycles. The minimum Gasteiger partial charge on any atom is -0.299 e. The van der Waals surface area contributed by atoms with Crippen molar-refractivity contribution in [3.05, 3.63) is 11.1 Å². The van der Waals surface area contributed by atoms with E-state index in [0.29, 0.717) is 23.5 Å². The van der Waals surface area contributed by atoms with Crippen LogP contribution < -0.4 is 0 Å². The highest BCUT2D eigenvalue weighted by molar-refractivity contribution is 5.81. The quantitative estimate of drug-likeness (QED) is 0.610. The lowest BCUT2D eigenvalue weighted by Gasteiger charge is -2.20. The van der Waals surface area contributed by atoms with Gasteiger partial charge in [-0.25, -0.2) is 0 Å². The van der Waals surface area contributed by atoms with Crippen molar-refractivity contribution in [3.8, 4) is 0 Å². The molecule has 2 aliphatic rings. The number of ketones is 1. The van der Waals surface area contributed by atoms with Gasteiger partial charge in [0.05, 0.1) is 0 Å². The van der Waals surface area contributed by atoms with E-state index in [1.165, 1.54) is 31.3 Å². The summed E-state index contributed by atoms with van der Waals surface area (Å²) < 4.78 is 0. The molecule has 0 bridgehead atoms. The van der Waals surface area contributed by atoms with Crippen molar-refractivity contribution in [3.63, 3.8) is 0 Å². The Morgan fingerprint density at radius 1 is 1.06 bits per heavy atom. The first-order valence-corrected chi connectivity index (χ1v) is 7.26. The molecule has 0 aromatic rings. The second kappa shape index (κ2) is 5.37. The Balaban J connectivity index is 2.10. The van der Waals surface area contributed by atoms with Crippen LogP contribution in [0, 0.1) is 17.8 Å². The van der Waals surface area contributed by atoms with Gasteiger partial charge >= 0.3 is 0 Å². The monoisotopic (exact) mass is 234 g/mol. The third-order valence-corrected chi connectivity index (χ3v) is 5.01. The standard InChI is InChI=1S/C16H26O/c1-11(2)12(3)14-9-13-7-5-4-6-8-16(17)15(13)10-14/h13-15H,4-10H2,1-3H3/t13-,14+,15+/m1/s1. The smallest absolute Gasteiger partial charge is 0.136 e. The maximum absolute atomic E-state index is 12.2. The van der Waals surface area contributed by atoms with Crippen LogP contribution in [0.15, 0.2) is 11.1 Å². The van der Waals surface area contributed by atoms with Crippen molar-refractivity contribution in [1.82, 2.24) is 0 Å². The molecule has 0 spiro atoms. The number of hydrogen-bond acceptors (Lipinski definition) is 1. The largest absolute Gasteiger partial charge is 0.299 e. The minimum atomic E-state index is 0.398. The van der Waals surface area contributed by atoms with Crippen LogP contribution in [0.2, 0.25) is 0 Å². The van der Waals surface area contributed by atoms with Crippen LogP contribution in [0.3, 0.4) is 0 Å². The molecule has 0 unspecified atom stereocenters. The highest BCUT2D eigenvalue weighted by Gasteiger charge is 2.38. The zero-order chi connectivity index (χ0) is 12.4. The van der Waals surface area contributed by atoms with Crippen LogP contribution in [-0.2, 0) is 4.79 Å². The zero-order valence-electron chi connectivity index (χ0n) is 11.6. The first-order valence-electron chi connectivity index (χ1n) is 7.26. The normalized spacial score (nSPS) is 33.8. The number of carbonyl (C=O) groups excluding carboxylic acids is 1. The van der Waals surface area contributed by atoms with E-state index in [1.807, 2.05) is 0 Å². The van der Waals surface area contributed by atoms with Crippen LogP contribution in [-0.4, -0.2) is 5.78 Å². The van der Waals surface area contributed by atoms with Gasteiger partial charge in [0, 0.05) is 12.3 Å². The predicted molar refractivity (Wildman–Crippen MR) is 71.8 cm³/mol. The Bertz CT molecular complexity index is 322. The molecule has 96 valence electrons. The van der Waals surface area contributed by atoms with Gasteiger partial charge in [0.1, 0.15) is 5.78 Å². The van der Waals surface area contributed by atoms with Gasteiger partial charge in [0.15, 0.2) is 0 Å². The summed E-state index contributed by atoms with van der Waals surface area (Å²) in [4.78, 5) is 12.2. The summed E-state index contributed by atoms with van der Waals surface area (Å²) in [6.45, 7) is 6.68. The van der Waals surface area contributed by atoms with Crippen LogP contribution in [0.25, 0.3) is 0 Å². The van der Waals surface area contributed by atoms with Gasteiger partial charge in [0.25, 0.3) is 0 Å². The molecule has 2 aliphatic carbocycles.